The second-order valence-corrected chi connectivity index (χ2v) is 28.7. The molecule has 0 spiro atoms. The summed E-state index contributed by atoms with van der Waals surface area (Å²) in [5.41, 5.74) is 11.9. The molecule has 15 atom stereocenters. The average molecular weight is 1490 g/mol. The van der Waals surface area contributed by atoms with Crippen molar-refractivity contribution in [3.05, 3.63) is 59.7 Å². The van der Waals surface area contributed by atoms with E-state index < -0.39 is 229 Å². The molecular weight excluding hydrogens is 1400 g/mol. The van der Waals surface area contributed by atoms with Gasteiger partial charge in [0, 0.05) is 44.0 Å². The van der Waals surface area contributed by atoms with Crippen LogP contribution in [0, 0.1) is 5.92 Å². The number of aliphatic hydroxyl groups excluding tert-OH is 2. The molecule has 7 rings (SSSR count). The Bertz CT molecular complexity index is 3540. The summed E-state index contributed by atoms with van der Waals surface area (Å²) in [5.74, 6) is -18.6. The number of nitrogens with one attached hydrogen (secondary N) is 11. The minimum absolute atomic E-state index is 0.00299. The quantitative estimate of drug-likeness (QED) is 0.0830. The van der Waals surface area contributed by atoms with E-state index in [-0.39, 0.29) is 76.1 Å². The zero-order valence-corrected chi connectivity index (χ0v) is 59.5. The van der Waals surface area contributed by atoms with E-state index in [0.29, 0.717) is 24.0 Å². The van der Waals surface area contributed by atoms with Gasteiger partial charge in [0.2, 0.25) is 94.5 Å². The fourth-order valence-electron chi connectivity index (χ4n) is 12.6. The van der Waals surface area contributed by atoms with Crippen LogP contribution in [0.3, 0.4) is 0 Å². The van der Waals surface area contributed by atoms with Crippen LogP contribution in [0.1, 0.15) is 103 Å². The number of carbonyl (C=O) groups excluding carboxylic acids is 16. The highest BCUT2D eigenvalue weighted by molar-refractivity contribution is 8.76. The zero-order valence-electron chi connectivity index (χ0n) is 57.8. The predicted molar refractivity (Wildman–Crippen MR) is 371 cm³/mol. The first kappa shape index (κ1) is 81.5. The molecule has 0 radical (unpaired) electrons. The van der Waals surface area contributed by atoms with Crippen LogP contribution in [0.4, 0.5) is 0 Å². The number of hydrogen-bond acceptors (Lipinski definition) is 22. The molecule has 0 aromatic heterocycles. The van der Waals surface area contributed by atoms with E-state index in [2.05, 4.69) is 58.5 Å². The van der Waals surface area contributed by atoms with Gasteiger partial charge < -0.3 is 105 Å². The Morgan fingerprint density at radius 1 is 0.471 bits per heavy atom. The molecule has 16 amide bonds. The van der Waals surface area contributed by atoms with E-state index in [9.17, 15) is 87.5 Å². The van der Waals surface area contributed by atoms with Crippen molar-refractivity contribution in [3.63, 3.8) is 0 Å². The van der Waals surface area contributed by atoms with Crippen molar-refractivity contribution in [3.8, 4) is 11.5 Å². The highest BCUT2D eigenvalue weighted by Crippen LogP contribution is 2.29. The van der Waals surface area contributed by atoms with Crippen molar-refractivity contribution < 1.29 is 97.1 Å². The maximum absolute atomic E-state index is 15.0. The lowest BCUT2D eigenvalue weighted by molar-refractivity contribution is -0.148. The van der Waals surface area contributed by atoms with Gasteiger partial charge in [-0.15, -0.1) is 0 Å². The third-order valence-corrected chi connectivity index (χ3v) is 21.0. The minimum atomic E-state index is -1.94. The largest absolute Gasteiger partial charge is 0.508 e. The first-order chi connectivity index (χ1) is 49.4. The molecule has 5 fully saturated rings. The van der Waals surface area contributed by atoms with Gasteiger partial charge in [0.05, 0.1) is 32.1 Å². The second kappa shape index (κ2) is 38.1. The Morgan fingerprint density at radius 3 is 1.39 bits per heavy atom. The summed E-state index contributed by atoms with van der Waals surface area (Å²) in [4.78, 5) is 232. The van der Waals surface area contributed by atoms with Crippen LogP contribution < -0.4 is 70.0 Å². The summed E-state index contributed by atoms with van der Waals surface area (Å²) >= 11 is 0. The van der Waals surface area contributed by atoms with Gasteiger partial charge in [0.1, 0.15) is 90.0 Å². The molecular formula is C66H92N16O20S2. The van der Waals surface area contributed by atoms with E-state index >= 15 is 9.59 Å². The Labute approximate surface area is 606 Å². The number of amides is 16. The number of aliphatic hydroxyl groups is 2. The van der Waals surface area contributed by atoms with Crippen molar-refractivity contribution in [1.29, 1.82) is 0 Å². The second-order valence-electron chi connectivity index (χ2n) is 26.2. The number of nitrogens with zero attached hydrogens (tertiary/aromatic N) is 3. The van der Waals surface area contributed by atoms with E-state index in [1.54, 1.807) is 13.8 Å². The molecule has 2 bridgehead atoms. The van der Waals surface area contributed by atoms with Crippen LogP contribution in [0.2, 0.25) is 0 Å². The van der Waals surface area contributed by atoms with Crippen LogP contribution in [-0.2, 0) is 89.6 Å². The molecule has 5 aliphatic heterocycles. The van der Waals surface area contributed by atoms with Crippen LogP contribution in [-0.4, -0.2) is 259 Å². The van der Waals surface area contributed by atoms with Crippen molar-refractivity contribution in [2.75, 3.05) is 44.3 Å². The maximum atomic E-state index is 15.0. The molecule has 2 aromatic rings. The number of phenols is 2. The SMILES string of the molecule is CCC1NC(=O)[C@H](Cc2ccc(O)cc2)NC(=O)[C@@H]2CSSC[C@H](NC(=O)[C@H]([C@@H](C)CC)NC(=O)[C@@H]3CCCN3C(=O)[C@@H]3CCCN3C(=O)[C@H](Cc3ccc(O)cc3)NC(=O)[C@H](CO)NC1=O)C(=O)N[C@@H](CC(N)=O)C(=O)N1CCC[C@H]1C(=O)N[C@@H](CC(N)=O)C(=O)NCC(=O)N[C@@H]([C@@H](C)O)C(=O)N2. The van der Waals surface area contributed by atoms with Crippen LogP contribution in [0.15, 0.2) is 48.5 Å². The van der Waals surface area contributed by atoms with Crippen molar-refractivity contribution >= 4 is 116 Å². The van der Waals surface area contributed by atoms with Gasteiger partial charge in [-0.3, -0.25) is 76.7 Å². The number of benzene rings is 2. The lowest BCUT2D eigenvalue weighted by atomic mass is 9.97. The fourth-order valence-corrected chi connectivity index (χ4v) is 14.9. The zero-order chi connectivity index (χ0) is 76.2. The first-order valence-electron chi connectivity index (χ1n) is 34.3. The van der Waals surface area contributed by atoms with E-state index in [0.717, 1.165) is 33.4 Å². The Morgan fingerprint density at radius 2 is 0.885 bits per heavy atom. The topological polar surface area (TPSA) is 548 Å². The standard InChI is InChI=1S/C66H92N16O20S2/c1-5-32(3)52-62(98)76-45-31-104-103-30-44(77-63(99)53(33(4)84)78-51(89)28-69-54(90)40(26-49(67)87)72-60(96)46-10-7-21-80(46)65(101)42(27-50(68)88)74-59(45)95)58(94)71-39(24-34-13-17-36(85)18-14-34)56(92)70-38(6-2)55(91)75-43(29-83)57(93)73-41(25-35-15-19-37(86)20-16-35)64(100)82-23-9-12-48(82)66(102)81-22-8-11-47(81)61(97)79-52/h13-20,32-33,38-48,52-53,83-86H,5-12,21-31H2,1-4H3,(H2,67,87)(H2,68,88)(H,69,90)(H,70,92)(H,71,94)(H,72,96)(H,73,93)(H,74,95)(H,75,91)(H,76,98)(H,77,99)(H,78,89)(H,79,97)/t32-,33+,38?,39-,40-,41-,42-,43-,44-,45-,46-,47-,48-,52-,53-/m0/s1. The molecule has 5 saturated heterocycles. The Hall–Kier alpha value is -9.82. The van der Waals surface area contributed by atoms with E-state index in [1.165, 1.54) is 65.3 Å². The first-order valence-corrected chi connectivity index (χ1v) is 36.8. The van der Waals surface area contributed by atoms with Crippen LogP contribution in [0.25, 0.3) is 0 Å². The van der Waals surface area contributed by atoms with Gasteiger partial charge in [-0.1, -0.05) is 73.0 Å². The molecule has 5 aliphatic rings. The highest BCUT2D eigenvalue weighted by Gasteiger charge is 2.47. The van der Waals surface area contributed by atoms with Crippen molar-refractivity contribution in [1.82, 2.24) is 73.2 Å². The molecule has 568 valence electrons. The van der Waals surface area contributed by atoms with Crippen LogP contribution in [0.5, 0.6) is 11.5 Å². The highest BCUT2D eigenvalue weighted by atomic mass is 33.1. The minimum Gasteiger partial charge on any atom is -0.508 e. The van der Waals surface area contributed by atoms with Gasteiger partial charge in [-0.2, -0.15) is 0 Å². The van der Waals surface area contributed by atoms with Crippen LogP contribution >= 0.6 is 21.6 Å². The molecule has 0 aliphatic carbocycles. The predicted octanol–water partition coefficient (Wildman–Crippen LogP) is -6.19. The molecule has 0 saturated carbocycles. The lowest BCUT2D eigenvalue weighted by Crippen LogP contribution is -2.62. The summed E-state index contributed by atoms with van der Waals surface area (Å²) in [6, 6.07) is -10.1. The number of carbonyl (C=O) groups is 16. The summed E-state index contributed by atoms with van der Waals surface area (Å²) < 4.78 is 0. The molecule has 38 heteroatoms. The fraction of sp³-hybridized carbons (Fsp3) is 0.576. The number of phenolic OH excluding ortho intramolecular Hbond substituents is 2. The molecule has 19 N–H and O–H groups in total. The third-order valence-electron chi connectivity index (χ3n) is 18.5. The summed E-state index contributed by atoms with van der Waals surface area (Å²) in [7, 11) is 1.55. The molecule has 1 unspecified atom stereocenters. The number of hydrogen-bond donors (Lipinski definition) is 17. The van der Waals surface area contributed by atoms with Gasteiger partial charge in [-0.25, -0.2) is 0 Å². The third kappa shape index (κ3) is 22.1. The molecule has 104 heavy (non-hydrogen) atoms. The normalized spacial score (nSPS) is 28.4. The average Bonchev–Trinajstić information content (AvgIpc) is 1.61. The van der Waals surface area contributed by atoms with E-state index in [4.69, 9.17) is 11.5 Å². The number of aromatic hydroxyl groups is 2. The van der Waals surface area contributed by atoms with Crippen molar-refractivity contribution in [2.45, 2.75) is 189 Å². The van der Waals surface area contributed by atoms with Gasteiger partial charge in [-0.05, 0) is 93.2 Å². The number of primary amides is 2. The van der Waals surface area contributed by atoms with Gasteiger partial charge in [0.15, 0.2) is 0 Å². The Balaban J connectivity index is 1.34. The Kier molecular flexibility index (Phi) is 29.8. The summed E-state index contributed by atoms with van der Waals surface area (Å²) in [6.45, 7) is 3.73. The van der Waals surface area contributed by atoms with Gasteiger partial charge >= 0.3 is 0 Å². The number of rotatable bonds is 13. The molecule has 36 nitrogen and oxygen atoms in total. The number of fused-ring (bicyclic) bond motifs is 8. The number of nitrogens with two attached hydrogens (primary N) is 2. The maximum Gasteiger partial charge on any atom is 0.246 e. The van der Waals surface area contributed by atoms with E-state index in [1.807, 2.05) is 0 Å². The molecule has 5 heterocycles. The summed E-state index contributed by atoms with van der Waals surface area (Å²) in [5, 5.41) is 69.4. The summed E-state index contributed by atoms with van der Waals surface area (Å²) in [6.07, 6.45) is -3.22. The van der Waals surface area contributed by atoms with Crippen molar-refractivity contribution in [2.24, 2.45) is 17.4 Å². The molecule has 2 aromatic carbocycles. The lowest BCUT2D eigenvalue weighted by Gasteiger charge is -2.34. The monoisotopic (exact) mass is 1490 g/mol. The smallest absolute Gasteiger partial charge is 0.246 e. The van der Waals surface area contributed by atoms with Gasteiger partial charge in [0.25, 0.3) is 0 Å².